The van der Waals surface area contributed by atoms with Gasteiger partial charge in [-0.3, -0.25) is 4.79 Å². The highest BCUT2D eigenvalue weighted by atomic mass is 16.1. The number of anilines is 1. The van der Waals surface area contributed by atoms with Crippen molar-refractivity contribution in [3.8, 4) is 11.1 Å². The van der Waals surface area contributed by atoms with Crippen molar-refractivity contribution in [2.24, 2.45) is 0 Å². The average molecular weight is 265 g/mol. The largest absolute Gasteiger partial charge is 0.326 e. The van der Waals surface area contributed by atoms with Crippen molar-refractivity contribution in [2.45, 2.75) is 32.6 Å². The molecule has 0 saturated heterocycles. The summed E-state index contributed by atoms with van der Waals surface area (Å²) in [6.45, 7) is 2.22. The Bertz CT molecular complexity index is 646. The number of carbonyl (C=O) groups excluding carboxylic acids is 1. The lowest BCUT2D eigenvalue weighted by Crippen LogP contribution is -2.03. The summed E-state index contributed by atoms with van der Waals surface area (Å²) < 4.78 is 0. The minimum atomic E-state index is 0.0915. The molecule has 0 fully saturated rings. The zero-order valence-corrected chi connectivity index (χ0v) is 11.8. The van der Waals surface area contributed by atoms with Crippen LogP contribution in [0, 0.1) is 0 Å². The van der Waals surface area contributed by atoms with E-state index in [2.05, 4.69) is 48.6 Å². The zero-order chi connectivity index (χ0) is 13.9. The van der Waals surface area contributed by atoms with E-state index >= 15 is 0 Å². The predicted octanol–water partition coefficient (Wildman–Crippen LogP) is 4.19. The summed E-state index contributed by atoms with van der Waals surface area (Å²) in [5.41, 5.74) is 5.88. The number of hydrogen-bond donors (Lipinski definition) is 1. The third kappa shape index (κ3) is 2.60. The normalized spacial score (nSPS) is 13.2. The van der Waals surface area contributed by atoms with Crippen molar-refractivity contribution < 1.29 is 4.79 Å². The monoisotopic (exact) mass is 265 g/mol. The van der Waals surface area contributed by atoms with E-state index in [1.807, 2.05) is 6.07 Å². The van der Waals surface area contributed by atoms with Gasteiger partial charge in [-0.25, -0.2) is 0 Å². The third-order valence-electron chi connectivity index (χ3n) is 3.81. The van der Waals surface area contributed by atoms with Gasteiger partial charge in [-0.2, -0.15) is 0 Å². The second-order valence-electron chi connectivity index (χ2n) is 5.40. The van der Waals surface area contributed by atoms with Crippen molar-refractivity contribution in [3.05, 3.63) is 53.6 Å². The van der Waals surface area contributed by atoms with Gasteiger partial charge in [0.1, 0.15) is 0 Å². The van der Waals surface area contributed by atoms with Gasteiger partial charge in [-0.05, 0) is 47.2 Å². The standard InChI is InChI=1S/C18H19NO/c1-2-3-5-13-6-4-7-14(10-13)15-8-9-17-16(11-15)12-18(20)19-17/h4,6-11H,2-3,5,12H2,1H3,(H,19,20). The summed E-state index contributed by atoms with van der Waals surface area (Å²) in [4.78, 5) is 11.4. The van der Waals surface area contributed by atoms with Crippen LogP contribution in [0.15, 0.2) is 42.5 Å². The van der Waals surface area contributed by atoms with Gasteiger partial charge in [0.25, 0.3) is 0 Å². The molecule has 0 aliphatic carbocycles. The molecule has 20 heavy (non-hydrogen) atoms. The van der Waals surface area contributed by atoms with E-state index in [1.165, 1.54) is 29.5 Å². The molecule has 0 unspecified atom stereocenters. The van der Waals surface area contributed by atoms with E-state index in [4.69, 9.17) is 0 Å². The summed E-state index contributed by atoms with van der Waals surface area (Å²) in [7, 11) is 0. The maximum atomic E-state index is 11.4. The highest BCUT2D eigenvalue weighted by molar-refractivity contribution is 5.99. The molecule has 0 radical (unpaired) electrons. The Morgan fingerprint density at radius 3 is 2.80 bits per heavy atom. The fourth-order valence-electron chi connectivity index (χ4n) is 2.70. The van der Waals surface area contributed by atoms with Crippen molar-refractivity contribution in [1.29, 1.82) is 0 Å². The Labute approximate surface area is 119 Å². The molecule has 2 aromatic rings. The minimum absolute atomic E-state index is 0.0915. The lowest BCUT2D eigenvalue weighted by molar-refractivity contribution is -0.115. The van der Waals surface area contributed by atoms with E-state index in [1.54, 1.807) is 0 Å². The van der Waals surface area contributed by atoms with Gasteiger partial charge >= 0.3 is 0 Å². The molecule has 0 saturated carbocycles. The van der Waals surface area contributed by atoms with Crippen LogP contribution in [-0.2, 0) is 17.6 Å². The van der Waals surface area contributed by atoms with E-state index in [9.17, 15) is 4.79 Å². The first-order valence-corrected chi connectivity index (χ1v) is 7.28. The van der Waals surface area contributed by atoms with Crippen LogP contribution in [0.1, 0.15) is 30.9 Å². The number of benzene rings is 2. The van der Waals surface area contributed by atoms with E-state index in [-0.39, 0.29) is 5.91 Å². The molecule has 1 aliphatic rings. The summed E-state index contributed by atoms with van der Waals surface area (Å²) in [6.07, 6.45) is 4.08. The molecule has 2 nitrogen and oxygen atoms in total. The molecule has 0 spiro atoms. The number of carbonyl (C=O) groups is 1. The van der Waals surface area contributed by atoms with Crippen molar-refractivity contribution in [2.75, 3.05) is 5.32 Å². The average Bonchev–Trinajstić information content (AvgIpc) is 2.84. The van der Waals surface area contributed by atoms with Gasteiger partial charge in [-0.1, -0.05) is 43.7 Å². The number of rotatable bonds is 4. The molecule has 1 N–H and O–H groups in total. The number of fused-ring (bicyclic) bond motifs is 1. The molecular weight excluding hydrogens is 246 g/mol. The van der Waals surface area contributed by atoms with Crippen molar-refractivity contribution in [3.63, 3.8) is 0 Å². The Hall–Kier alpha value is -2.09. The maximum absolute atomic E-state index is 11.4. The third-order valence-corrected chi connectivity index (χ3v) is 3.81. The number of amides is 1. The number of unbranched alkanes of at least 4 members (excludes halogenated alkanes) is 1. The second-order valence-corrected chi connectivity index (χ2v) is 5.40. The van der Waals surface area contributed by atoms with Gasteiger partial charge in [0.2, 0.25) is 5.91 Å². The molecule has 3 rings (SSSR count). The van der Waals surface area contributed by atoms with Crippen LogP contribution < -0.4 is 5.32 Å². The number of hydrogen-bond acceptors (Lipinski definition) is 1. The molecule has 102 valence electrons. The topological polar surface area (TPSA) is 29.1 Å². The molecule has 0 aromatic heterocycles. The van der Waals surface area contributed by atoms with Gasteiger partial charge < -0.3 is 5.32 Å². The molecule has 0 bridgehead atoms. The first-order chi connectivity index (χ1) is 9.76. The molecule has 1 aliphatic heterocycles. The summed E-state index contributed by atoms with van der Waals surface area (Å²) in [6, 6.07) is 14.9. The highest BCUT2D eigenvalue weighted by Gasteiger charge is 2.17. The fraction of sp³-hybridized carbons (Fsp3) is 0.278. The smallest absolute Gasteiger partial charge is 0.228 e. The molecule has 1 heterocycles. The molecule has 2 heteroatoms. The van der Waals surface area contributed by atoms with Crippen molar-refractivity contribution >= 4 is 11.6 Å². The van der Waals surface area contributed by atoms with Gasteiger partial charge in [0.05, 0.1) is 6.42 Å². The Morgan fingerprint density at radius 2 is 1.95 bits per heavy atom. The SMILES string of the molecule is CCCCc1cccc(-c2ccc3c(c2)CC(=O)N3)c1. The first kappa shape index (κ1) is 12.9. The molecule has 2 aromatic carbocycles. The van der Waals surface area contributed by atoms with Crippen LogP contribution in [-0.4, -0.2) is 5.91 Å². The van der Waals surface area contributed by atoms with Crippen LogP contribution in [0.3, 0.4) is 0 Å². The molecular formula is C18H19NO. The maximum Gasteiger partial charge on any atom is 0.228 e. The fourth-order valence-corrected chi connectivity index (χ4v) is 2.70. The lowest BCUT2D eigenvalue weighted by atomic mass is 9.98. The van der Waals surface area contributed by atoms with Gasteiger partial charge in [0, 0.05) is 5.69 Å². The number of nitrogens with one attached hydrogen (secondary N) is 1. The molecule has 1 amide bonds. The van der Waals surface area contributed by atoms with Crippen LogP contribution in [0.5, 0.6) is 0 Å². The summed E-state index contributed by atoms with van der Waals surface area (Å²) >= 11 is 0. The van der Waals surface area contributed by atoms with E-state index in [0.29, 0.717) is 6.42 Å². The second kappa shape index (κ2) is 5.49. The van der Waals surface area contributed by atoms with Crippen molar-refractivity contribution in [1.82, 2.24) is 0 Å². The Balaban J connectivity index is 1.89. The highest BCUT2D eigenvalue weighted by Crippen LogP contribution is 2.29. The zero-order valence-electron chi connectivity index (χ0n) is 11.8. The quantitative estimate of drug-likeness (QED) is 0.882. The van der Waals surface area contributed by atoms with Crippen LogP contribution in [0.2, 0.25) is 0 Å². The van der Waals surface area contributed by atoms with E-state index in [0.717, 1.165) is 17.7 Å². The first-order valence-electron chi connectivity index (χ1n) is 7.28. The van der Waals surface area contributed by atoms with Crippen LogP contribution in [0.25, 0.3) is 11.1 Å². The number of aryl methyl sites for hydroxylation is 1. The summed E-state index contributed by atoms with van der Waals surface area (Å²) in [5, 5.41) is 2.88. The summed E-state index contributed by atoms with van der Waals surface area (Å²) in [5.74, 6) is 0.0915. The lowest BCUT2D eigenvalue weighted by Gasteiger charge is -2.07. The predicted molar refractivity (Wildman–Crippen MR) is 82.8 cm³/mol. The van der Waals surface area contributed by atoms with Crippen LogP contribution >= 0.6 is 0 Å². The van der Waals surface area contributed by atoms with Gasteiger partial charge in [0.15, 0.2) is 0 Å². The minimum Gasteiger partial charge on any atom is -0.326 e. The van der Waals surface area contributed by atoms with Gasteiger partial charge in [-0.15, -0.1) is 0 Å². The Kier molecular flexibility index (Phi) is 3.55. The molecule has 0 atom stereocenters. The van der Waals surface area contributed by atoms with Crippen LogP contribution in [0.4, 0.5) is 5.69 Å². The van der Waals surface area contributed by atoms with E-state index < -0.39 is 0 Å². The Morgan fingerprint density at radius 1 is 1.10 bits per heavy atom.